The summed E-state index contributed by atoms with van der Waals surface area (Å²) >= 11 is 17.7. The first-order chi connectivity index (χ1) is 8.86. The highest BCUT2D eigenvalue weighted by Gasteiger charge is 2.34. The quantitative estimate of drug-likeness (QED) is 0.877. The summed E-state index contributed by atoms with van der Waals surface area (Å²) in [4.78, 5) is -0.0853. The molecule has 1 aliphatic rings. The molecule has 1 fully saturated rings. The number of halogens is 4. The minimum absolute atomic E-state index is 0. The molecule has 2 N–H and O–H groups in total. The summed E-state index contributed by atoms with van der Waals surface area (Å²) in [7, 11) is -3.70. The highest BCUT2D eigenvalue weighted by atomic mass is 35.5. The summed E-state index contributed by atoms with van der Waals surface area (Å²) in [6, 6.07) is 2.75. The number of hydrogen-bond donors (Lipinski definition) is 1. The van der Waals surface area contributed by atoms with Crippen molar-refractivity contribution in [2.45, 2.75) is 11.3 Å². The van der Waals surface area contributed by atoms with E-state index < -0.39 is 10.0 Å². The van der Waals surface area contributed by atoms with Gasteiger partial charge in [0, 0.05) is 18.1 Å². The van der Waals surface area contributed by atoms with E-state index >= 15 is 0 Å². The molecule has 0 spiro atoms. The molecule has 0 saturated carbocycles. The van der Waals surface area contributed by atoms with Gasteiger partial charge < -0.3 is 5.73 Å². The second-order valence-electron chi connectivity index (χ2n) is 4.45. The number of nitrogens with zero attached hydrogens (tertiary/aromatic N) is 1. The van der Waals surface area contributed by atoms with Crippen LogP contribution < -0.4 is 5.73 Å². The fourth-order valence-corrected chi connectivity index (χ4v) is 5.14. The molecule has 1 saturated heterocycles. The van der Waals surface area contributed by atoms with Gasteiger partial charge in [-0.15, -0.1) is 12.4 Å². The highest BCUT2D eigenvalue weighted by molar-refractivity contribution is 7.89. The fraction of sp³-hybridized carbons (Fsp3) is 0.455. The Morgan fingerprint density at radius 1 is 1.25 bits per heavy atom. The van der Waals surface area contributed by atoms with Gasteiger partial charge in [0.2, 0.25) is 10.0 Å². The van der Waals surface area contributed by atoms with Gasteiger partial charge in [-0.2, -0.15) is 4.31 Å². The van der Waals surface area contributed by atoms with Crippen LogP contribution in [-0.4, -0.2) is 32.4 Å². The maximum Gasteiger partial charge on any atom is 0.246 e. The smallest absolute Gasteiger partial charge is 0.246 e. The van der Waals surface area contributed by atoms with Crippen LogP contribution in [0.4, 0.5) is 0 Å². The Morgan fingerprint density at radius 2 is 1.80 bits per heavy atom. The van der Waals surface area contributed by atoms with Crippen LogP contribution in [-0.2, 0) is 10.0 Å². The van der Waals surface area contributed by atoms with Crippen molar-refractivity contribution < 1.29 is 8.42 Å². The molecule has 0 radical (unpaired) electrons. The normalized spacial score (nSPS) is 19.9. The van der Waals surface area contributed by atoms with Gasteiger partial charge in [0.15, 0.2) is 0 Å². The van der Waals surface area contributed by atoms with Crippen LogP contribution in [0.15, 0.2) is 17.0 Å². The van der Waals surface area contributed by atoms with Crippen molar-refractivity contribution in [3.63, 3.8) is 0 Å². The van der Waals surface area contributed by atoms with Gasteiger partial charge >= 0.3 is 0 Å². The van der Waals surface area contributed by atoms with Crippen molar-refractivity contribution in [3.05, 3.63) is 27.2 Å². The largest absolute Gasteiger partial charge is 0.330 e. The predicted molar refractivity (Wildman–Crippen MR) is 84.6 cm³/mol. The van der Waals surface area contributed by atoms with E-state index in [1.165, 1.54) is 16.4 Å². The SMILES string of the molecule is Cl.NCC1CCN(S(=O)(=O)c2c(Cl)cc(Cl)cc2Cl)C1. The van der Waals surface area contributed by atoms with Crippen LogP contribution in [0.1, 0.15) is 6.42 Å². The van der Waals surface area contributed by atoms with E-state index in [0.717, 1.165) is 6.42 Å². The Morgan fingerprint density at radius 3 is 2.25 bits per heavy atom. The number of hydrogen-bond acceptors (Lipinski definition) is 3. The van der Waals surface area contributed by atoms with Crippen molar-refractivity contribution in [2.75, 3.05) is 19.6 Å². The number of rotatable bonds is 3. The molecule has 1 aliphatic heterocycles. The molecule has 0 amide bonds. The predicted octanol–water partition coefficient (Wildman–Crippen LogP) is 3.04. The maximum atomic E-state index is 12.5. The minimum Gasteiger partial charge on any atom is -0.330 e. The van der Waals surface area contributed by atoms with Gasteiger partial charge in [0.25, 0.3) is 0 Å². The molecule has 1 heterocycles. The number of benzene rings is 1. The van der Waals surface area contributed by atoms with E-state index in [1.54, 1.807) is 0 Å². The van der Waals surface area contributed by atoms with Gasteiger partial charge in [0.1, 0.15) is 4.90 Å². The van der Waals surface area contributed by atoms with Crippen LogP contribution in [0.2, 0.25) is 15.1 Å². The third-order valence-corrected chi connectivity index (χ3v) is 6.15. The number of sulfonamides is 1. The van der Waals surface area contributed by atoms with E-state index in [9.17, 15) is 8.42 Å². The molecular formula is C11H14Cl4N2O2S. The standard InChI is InChI=1S/C11H13Cl3N2O2S.ClH/c12-8-3-9(13)11(10(14)4-8)19(17,18)16-2-1-7(5-15)6-16;/h3-4,7H,1-2,5-6,15H2;1H. The topological polar surface area (TPSA) is 63.4 Å². The summed E-state index contributed by atoms with van der Waals surface area (Å²) < 4.78 is 26.4. The van der Waals surface area contributed by atoms with Crippen molar-refractivity contribution in [3.8, 4) is 0 Å². The van der Waals surface area contributed by atoms with Gasteiger partial charge in [-0.3, -0.25) is 0 Å². The summed E-state index contributed by atoms with van der Waals surface area (Å²) in [6.07, 6.45) is 0.749. The molecule has 1 aromatic rings. The van der Waals surface area contributed by atoms with Crippen LogP contribution in [0.5, 0.6) is 0 Å². The third-order valence-electron chi connectivity index (χ3n) is 3.14. The zero-order valence-electron chi connectivity index (χ0n) is 10.4. The number of nitrogens with two attached hydrogens (primary N) is 1. The lowest BCUT2D eigenvalue weighted by molar-refractivity contribution is 0.459. The third kappa shape index (κ3) is 3.53. The molecule has 1 aromatic carbocycles. The molecule has 114 valence electrons. The first-order valence-electron chi connectivity index (χ1n) is 5.71. The molecule has 20 heavy (non-hydrogen) atoms. The minimum atomic E-state index is -3.70. The Hall–Kier alpha value is 0.250. The van der Waals surface area contributed by atoms with Crippen LogP contribution in [0.25, 0.3) is 0 Å². The first kappa shape index (κ1) is 18.3. The van der Waals surface area contributed by atoms with E-state index in [1.807, 2.05) is 0 Å². The summed E-state index contributed by atoms with van der Waals surface area (Å²) in [6.45, 7) is 1.29. The second-order valence-corrected chi connectivity index (χ2v) is 7.58. The van der Waals surface area contributed by atoms with Crippen molar-refractivity contribution in [1.82, 2.24) is 4.31 Å². The lowest BCUT2D eigenvalue weighted by atomic mass is 10.1. The van der Waals surface area contributed by atoms with Gasteiger partial charge in [-0.25, -0.2) is 8.42 Å². The molecule has 0 aromatic heterocycles. The summed E-state index contributed by atoms with van der Waals surface area (Å²) in [5, 5.41) is 0.373. The molecule has 1 unspecified atom stereocenters. The molecule has 1 atom stereocenters. The lowest BCUT2D eigenvalue weighted by Gasteiger charge is -2.18. The monoisotopic (exact) mass is 378 g/mol. The maximum absolute atomic E-state index is 12.5. The Balaban J connectivity index is 0.00000200. The average Bonchev–Trinajstić information content (AvgIpc) is 2.75. The summed E-state index contributed by atoms with van der Waals surface area (Å²) in [5.41, 5.74) is 5.57. The van der Waals surface area contributed by atoms with Crippen molar-refractivity contribution >= 4 is 57.2 Å². The van der Waals surface area contributed by atoms with Gasteiger partial charge in [0.05, 0.1) is 10.0 Å². The Labute approximate surface area is 139 Å². The van der Waals surface area contributed by atoms with Crippen LogP contribution in [0, 0.1) is 5.92 Å². The second kappa shape index (κ2) is 7.01. The lowest BCUT2D eigenvalue weighted by Crippen LogP contribution is -2.30. The first-order valence-corrected chi connectivity index (χ1v) is 8.28. The molecule has 0 bridgehead atoms. The average molecular weight is 380 g/mol. The van der Waals surface area contributed by atoms with Crippen LogP contribution in [0.3, 0.4) is 0 Å². The van der Waals surface area contributed by atoms with Crippen LogP contribution >= 0.6 is 47.2 Å². The van der Waals surface area contributed by atoms with Crippen molar-refractivity contribution in [2.24, 2.45) is 11.7 Å². The highest BCUT2D eigenvalue weighted by Crippen LogP contribution is 2.36. The molecule has 9 heteroatoms. The Bertz CT molecular complexity index is 571. The van der Waals surface area contributed by atoms with E-state index in [2.05, 4.69) is 0 Å². The molecule has 4 nitrogen and oxygen atoms in total. The fourth-order valence-electron chi connectivity index (χ4n) is 2.11. The van der Waals surface area contributed by atoms with E-state index in [-0.39, 0.29) is 33.3 Å². The zero-order valence-corrected chi connectivity index (χ0v) is 14.3. The molecular weight excluding hydrogens is 366 g/mol. The van der Waals surface area contributed by atoms with E-state index in [4.69, 9.17) is 40.5 Å². The van der Waals surface area contributed by atoms with E-state index in [0.29, 0.717) is 24.7 Å². The van der Waals surface area contributed by atoms with Crippen molar-refractivity contribution in [1.29, 1.82) is 0 Å². The Kier molecular flexibility index (Phi) is 6.41. The van der Waals surface area contributed by atoms with Gasteiger partial charge in [-0.05, 0) is 31.0 Å². The molecule has 0 aliphatic carbocycles. The zero-order chi connectivity index (χ0) is 14.2. The molecule has 2 rings (SSSR count). The summed E-state index contributed by atoms with van der Waals surface area (Å²) in [5.74, 6) is 0.180. The van der Waals surface area contributed by atoms with Gasteiger partial charge in [-0.1, -0.05) is 34.8 Å².